The molecular weight excluding hydrogens is 286 g/mol. The fraction of sp³-hybridized carbons (Fsp3) is 0. The summed E-state index contributed by atoms with van der Waals surface area (Å²) in [5.41, 5.74) is 0. The molecule has 0 aliphatic heterocycles. The second-order valence-electron chi connectivity index (χ2n) is 1.51. The van der Waals surface area contributed by atoms with Crippen molar-refractivity contribution in [2.24, 2.45) is 0 Å². The van der Waals surface area contributed by atoms with E-state index in [-0.39, 0.29) is 5.48 Å². The van der Waals surface area contributed by atoms with Crippen LogP contribution in [0.15, 0.2) is 0 Å². The van der Waals surface area contributed by atoms with Gasteiger partial charge in [-0.05, 0) is 0 Å². The first-order valence-corrected chi connectivity index (χ1v) is 6.69. The molecule has 0 unspecified atom stereocenters. The highest BCUT2D eigenvalue weighted by molar-refractivity contribution is 7.79. The molecule has 0 saturated carbocycles. The van der Waals surface area contributed by atoms with Gasteiger partial charge in [-0.1, -0.05) is 0 Å². The van der Waals surface area contributed by atoms with E-state index >= 15 is 0 Å². The van der Waals surface area contributed by atoms with Gasteiger partial charge in [-0.2, -0.15) is 12.7 Å². The van der Waals surface area contributed by atoms with Gasteiger partial charge in [-0.25, -0.2) is 9.13 Å². The van der Waals surface area contributed by atoms with Crippen LogP contribution in [0.2, 0.25) is 0 Å². The molecule has 0 radical (unpaired) electrons. The molecule has 8 N–H and O–H groups in total. The lowest BCUT2D eigenvalue weighted by atomic mass is 15.7. The normalized spacial score (nSPS) is 12.1. The molecule has 0 spiro atoms. The Morgan fingerprint density at radius 1 is 0.867 bits per heavy atom. The van der Waals surface area contributed by atoms with Crippen LogP contribution in [0.3, 0.4) is 0 Å². The van der Waals surface area contributed by atoms with Crippen molar-refractivity contribution >= 4 is 26.0 Å². The minimum absolute atomic E-state index is 0. The van der Waals surface area contributed by atoms with Gasteiger partial charge < -0.3 is 25.0 Å². The summed E-state index contributed by atoms with van der Waals surface area (Å²) in [7, 11) is -14.8. The van der Waals surface area contributed by atoms with Gasteiger partial charge in [-0.15, -0.1) is 0 Å². The molecule has 0 amide bonds. The second-order valence-corrected chi connectivity index (χ2v) is 5.02. The third-order valence-electron chi connectivity index (χ3n) is 0.213. The van der Waals surface area contributed by atoms with Crippen molar-refractivity contribution in [1.82, 2.24) is 0 Å². The predicted octanol–water partition coefficient (Wildman–Crippen LogP) is -2.29. The van der Waals surface area contributed by atoms with Gasteiger partial charge in [0.1, 0.15) is 0 Å². The first-order valence-electron chi connectivity index (χ1n) is 2.23. The molecule has 0 heterocycles. The first kappa shape index (κ1) is 20.5. The Bertz CT molecular complexity index is 308. The lowest BCUT2D eigenvalue weighted by Crippen LogP contribution is -1.89. The van der Waals surface area contributed by atoms with Gasteiger partial charge in [0, 0.05) is 0 Å². The molecule has 12 nitrogen and oxygen atoms in total. The van der Waals surface area contributed by atoms with Crippen molar-refractivity contribution in [2.45, 2.75) is 0 Å². The molecule has 15 heteroatoms. The zero-order valence-electron chi connectivity index (χ0n) is 6.53. The topological polar surface area (TPSA) is 230 Å². The number of phosphoric acid groups is 2. The zero-order valence-corrected chi connectivity index (χ0v) is 9.13. The van der Waals surface area contributed by atoms with Crippen molar-refractivity contribution < 1.29 is 56.0 Å². The third-order valence-corrected chi connectivity index (χ3v) is 1.91. The predicted molar refractivity (Wildman–Crippen MR) is 43.0 cm³/mol. The van der Waals surface area contributed by atoms with E-state index in [0.717, 1.165) is 0 Å². The summed E-state index contributed by atoms with van der Waals surface area (Å²) < 4.78 is 53.8. The monoisotopic (exact) mass is 294 g/mol. The highest BCUT2D eigenvalue weighted by Crippen LogP contribution is 2.53. The third kappa shape index (κ3) is 55.5. The Kier molecular flexibility index (Phi) is 9.05. The molecule has 96 valence electrons. The van der Waals surface area contributed by atoms with Gasteiger partial charge in [-0.3, -0.25) is 9.11 Å². The molecule has 15 heavy (non-hydrogen) atoms. The van der Waals surface area contributed by atoms with Crippen molar-refractivity contribution in [3.05, 3.63) is 0 Å². The molecule has 0 fully saturated rings. The first-order chi connectivity index (χ1) is 5.71. The summed E-state index contributed by atoms with van der Waals surface area (Å²) in [5.74, 6) is 0. The molecule has 0 aliphatic rings. The van der Waals surface area contributed by atoms with Gasteiger partial charge in [0.25, 0.3) is 0 Å². The standard InChI is InChI=1S/H4O7P2.H2O4S.H2O/c1-8(2,3)7-9(4,5)6;1-5(2,3)4;/h(H2,1,2,3)(H2,4,5,6);(H2,1,2,3,4);1H2. The average Bonchev–Trinajstić information content (AvgIpc) is 1.42. The number of rotatable bonds is 2. The van der Waals surface area contributed by atoms with Gasteiger partial charge in [0.15, 0.2) is 0 Å². The summed E-state index contributed by atoms with van der Waals surface area (Å²) in [5, 5.41) is 0. The van der Waals surface area contributed by atoms with Crippen molar-refractivity contribution in [1.29, 1.82) is 0 Å². The summed E-state index contributed by atoms with van der Waals surface area (Å²) in [6, 6.07) is 0. The van der Waals surface area contributed by atoms with E-state index in [9.17, 15) is 9.13 Å². The van der Waals surface area contributed by atoms with E-state index in [1.807, 2.05) is 0 Å². The second kappa shape index (κ2) is 6.62. The quantitative estimate of drug-likeness (QED) is 0.234. The number of hydrogen-bond acceptors (Lipinski definition) is 5. The lowest BCUT2D eigenvalue weighted by molar-refractivity contribution is 0.225. The summed E-state index contributed by atoms with van der Waals surface area (Å²) in [6.07, 6.45) is 0. The molecule has 0 aromatic carbocycles. The van der Waals surface area contributed by atoms with Crippen LogP contribution in [0.5, 0.6) is 0 Å². The fourth-order valence-corrected chi connectivity index (χ4v) is 1.25. The van der Waals surface area contributed by atoms with E-state index < -0.39 is 26.0 Å². The van der Waals surface area contributed by atoms with Gasteiger partial charge in [0.2, 0.25) is 0 Å². The van der Waals surface area contributed by atoms with Crippen molar-refractivity contribution in [3.8, 4) is 0 Å². The molecule has 0 aromatic rings. The average molecular weight is 294 g/mol. The van der Waals surface area contributed by atoms with Crippen LogP contribution >= 0.6 is 15.6 Å². The molecule has 0 atom stereocenters. The van der Waals surface area contributed by atoms with Gasteiger partial charge in [0.05, 0.1) is 0 Å². The Hall–Kier alpha value is 0.0900. The Balaban J connectivity index is -0.000000208. The Labute approximate surface area is 82.9 Å². The SMILES string of the molecule is O.O=P(O)(O)OP(=O)(O)O.O=S(=O)(O)O. The Morgan fingerprint density at radius 2 is 1.00 bits per heavy atom. The van der Waals surface area contributed by atoms with Crippen LogP contribution in [-0.4, -0.2) is 42.6 Å². The highest BCUT2D eigenvalue weighted by atomic mass is 32.3. The molecule has 0 aromatic heterocycles. The largest absolute Gasteiger partial charge is 0.478 e. The summed E-state index contributed by atoms with van der Waals surface area (Å²) >= 11 is 0. The molecule has 0 rings (SSSR count). The molecular formula is H8O12P2S. The minimum Gasteiger partial charge on any atom is -0.412 e. The number of hydrogen-bond donors (Lipinski definition) is 6. The van der Waals surface area contributed by atoms with Crippen LogP contribution < -0.4 is 0 Å². The lowest BCUT2D eigenvalue weighted by Gasteiger charge is -2.03. The fourth-order valence-electron chi connectivity index (χ4n) is 0.139. The molecule has 0 saturated heterocycles. The van der Waals surface area contributed by atoms with Crippen LogP contribution in [0.4, 0.5) is 0 Å². The smallest absolute Gasteiger partial charge is 0.412 e. The van der Waals surface area contributed by atoms with E-state index in [1.165, 1.54) is 0 Å². The maximum absolute atomic E-state index is 9.63. The van der Waals surface area contributed by atoms with E-state index in [2.05, 4.69) is 4.31 Å². The molecule has 0 bridgehead atoms. The maximum atomic E-state index is 9.63. The summed E-state index contributed by atoms with van der Waals surface area (Å²) in [6.45, 7) is 0. The van der Waals surface area contributed by atoms with Crippen molar-refractivity contribution in [2.75, 3.05) is 0 Å². The van der Waals surface area contributed by atoms with Crippen LogP contribution in [0.1, 0.15) is 0 Å². The summed E-state index contributed by atoms with van der Waals surface area (Å²) in [4.78, 5) is 31.0. The van der Waals surface area contributed by atoms with Crippen LogP contribution in [-0.2, 0) is 23.8 Å². The Morgan fingerprint density at radius 3 is 1.00 bits per heavy atom. The van der Waals surface area contributed by atoms with E-state index in [4.69, 9.17) is 37.1 Å². The van der Waals surface area contributed by atoms with Gasteiger partial charge >= 0.3 is 26.0 Å². The van der Waals surface area contributed by atoms with E-state index in [1.54, 1.807) is 0 Å². The highest BCUT2D eigenvalue weighted by Gasteiger charge is 2.27. The van der Waals surface area contributed by atoms with E-state index in [0.29, 0.717) is 0 Å². The van der Waals surface area contributed by atoms with Crippen LogP contribution in [0.25, 0.3) is 0 Å². The van der Waals surface area contributed by atoms with Crippen molar-refractivity contribution in [3.63, 3.8) is 0 Å². The van der Waals surface area contributed by atoms with Crippen LogP contribution in [0, 0.1) is 0 Å². The minimum atomic E-state index is -5.05. The zero-order chi connectivity index (χ0) is 12.2. The maximum Gasteiger partial charge on any atom is 0.478 e. The molecule has 0 aliphatic carbocycles.